The number of rotatable bonds is 3. The maximum Gasteiger partial charge on any atom is 0.0968 e. The molecule has 1 atom stereocenters. The van der Waals surface area contributed by atoms with Crippen LogP contribution in [0, 0.1) is 17.3 Å². The van der Waals surface area contributed by atoms with Crippen LogP contribution in [-0.4, -0.2) is 12.4 Å². The zero-order valence-corrected chi connectivity index (χ0v) is 10.1. The van der Waals surface area contributed by atoms with Gasteiger partial charge in [0.05, 0.1) is 5.84 Å². The second-order valence-corrected chi connectivity index (χ2v) is 5.99. The SMILES string of the molecule is CC1(C)CC1CN=C(N)C1CCCCC1. The highest BCUT2D eigenvalue weighted by Gasteiger charge is 2.45. The van der Waals surface area contributed by atoms with Crippen LogP contribution in [0.5, 0.6) is 0 Å². The first-order valence-corrected chi connectivity index (χ1v) is 6.39. The predicted octanol–water partition coefficient (Wildman–Crippen LogP) is 2.97. The Labute approximate surface area is 93.3 Å². The molecule has 2 fully saturated rings. The van der Waals surface area contributed by atoms with E-state index in [0.29, 0.717) is 11.3 Å². The van der Waals surface area contributed by atoms with E-state index in [4.69, 9.17) is 5.73 Å². The minimum Gasteiger partial charge on any atom is -0.387 e. The summed E-state index contributed by atoms with van der Waals surface area (Å²) in [6.07, 6.45) is 7.94. The molecule has 0 bridgehead atoms. The van der Waals surface area contributed by atoms with Crippen molar-refractivity contribution in [1.82, 2.24) is 0 Å². The molecule has 0 radical (unpaired) electrons. The Balaban J connectivity index is 1.79. The summed E-state index contributed by atoms with van der Waals surface area (Å²) >= 11 is 0. The minimum absolute atomic E-state index is 0.538. The van der Waals surface area contributed by atoms with E-state index in [1.807, 2.05) is 0 Å². The molecule has 15 heavy (non-hydrogen) atoms. The molecule has 2 heteroatoms. The van der Waals surface area contributed by atoms with Gasteiger partial charge in [0.1, 0.15) is 0 Å². The number of hydrogen-bond donors (Lipinski definition) is 1. The first-order chi connectivity index (χ1) is 7.09. The second-order valence-electron chi connectivity index (χ2n) is 5.99. The molecule has 0 aliphatic heterocycles. The van der Waals surface area contributed by atoms with Gasteiger partial charge in [-0.25, -0.2) is 0 Å². The second kappa shape index (κ2) is 4.15. The molecule has 0 aromatic carbocycles. The van der Waals surface area contributed by atoms with Crippen LogP contribution in [0.4, 0.5) is 0 Å². The summed E-state index contributed by atoms with van der Waals surface area (Å²) in [5.74, 6) is 2.33. The third-order valence-electron chi connectivity index (χ3n) is 4.24. The summed E-state index contributed by atoms with van der Waals surface area (Å²) in [5.41, 5.74) is 6.60. The third-order valence-corrected chi connectivity index (χ3v) is 4.24. The van der Waals surface area contributed by atoms with E-state index in [2.05, 4.69) is 18.8 Å². The molecule has 0 heterocycles. The van der Waals surface area contributed by atoms with Crippen LogP contribution in [0.15, 0.2) is 4.99 Å². The third kappa shape index (κ3) is 2.73. The number of nitrogens with zero attached hydrogens (tertiary/aromatic N) is 1. The number of amidine groups is 1. The van der Waals surface area contributed by atoms with Crippen molar-refractivity contribution in [2.24, 2.45) is 28.0 Å². The molecule has 2 aliphatic rings. The van der Waals surface area contributed by atoms with Gasteiger partial charge in [-0.15, -0.1) is 0 Å². The Bertz CT molecular complexity index is 249. The van der Waals surface area contributed by atoms with Crippen LogP contribution in [0.1, 0.15) is 52.4 Å². The molecule has 0 spiro atoms. The lowest BCUT2D eigenvalue weighted by molar-refractivity contribution is 0.436. The van der Waals surface area contributed by atoms with Crippen LogP contribution in [0.25, 0.3) is 0 Å². The van der Waals surface area contributed by atoms with Crippen LogP contribution in [-0.2, 0) is 0 Å². The Kier molecular flexibility index (Phi) is 3.03. The van der Waals surface area contributed by atoms with Crippen molar-refractivity contribution in [3.05, 3.63) is 0 Å². The molecule has 0 aromatic heterocycles. The fourth-order valence-electron chi connectivity index (χ4n) is 2.63. The van der Waals surface area contributed by atoms with Crippen molar-refractivity contribution in [1.29, 1.82) is 0 Å². The molecular weight excluding hydrogens is 184 g/mol. The van der Waals surface area contributed by atoms with E-state index in [0.717, 1.165) is 18.3 Å². The topological polar surface area (TPSA) is 38.4 Å². The standard InChI is InChI=1S/C13H24N2/c1-13(2)8-11(13)9-15-12(14)10-6-4-3-5-7-10/h10-11H,3-9H2,1-2H3,(H2,14,15). The fourth-order valence-corrected chi connectivity index (χ4v) is 2.63. The highest BCUT2D eigenvalue weighted by Crippen LogP contribution is 2.51. The average Bonchev–Trinajstić information content (AvgIpc) is 2.84. The molecule has 2 saturated carbocycles. The van der Waals surface area contributed by atoms with Crippen molar-refractivity contribution in [2.75, 3.05) is 6.54 Å². The zero-order chi connectivity index (χ0) is 10.9. The van der Waals surface area contributed by atoms with E-state index in [1.165, 1.54) is 38.5 Å². The molecule has 1 unspecified atom stereocenters. The number of nitrogens with two attached hydrogens (primary N) is 1. The van der Waals surface area contributed by atoms with Gasteiger partial charge >= 0.3 is 0 Å². The normalized spacial score (nSPS) is 31.6. The summed E-state index contributed by atoms with van der Waals surface area (Å²) < 4.78 is 0. The average molecular weight is 208 g/mol. The number of hydrogen-bond acceptors (Lipinski definition) is 1. The van der Waals surface area contributed by atoms with Gasteiger partial charge in [-0.3, -0.25) is 4.99 Å². The monoisotopic (exact) mass is 208 g/mol. The van der Waals surface area contributed by atoms with Gasteiger partial charge in [0.15, 0.2) is 0 Å². The van der Waals surface area contributed by atoms with Crippen molar-refractivity contribution < 1.29 is 0 Å². The van der Waals surface area contributed by atoms with E-state index in [1.54, 1.807) is 0 Å². The molecule has 2 aliphatic carbocycles. The number of aliphatic imine (C=N–C) groups is 1. The summed E-state index contributed by atoms with van der Waals surface area (Å²) in [6.45, 7) is 5.61. The first kappa shape index (κ1) is 11.0. The summed E-state index contributed by atoms with van der Waals surface area (Å²) in [5, 5.41) is 0. The molecule has 2 nitrogen and oxygen atoms in total. The summed E-state index contributed by atoms with van der Waals surface area (Å²) in [4.78, 5) is 4.60. The maximum atomic E-state index is 6.06. The molecule has 86 valence electrons. The van der Waals surface area contributed by atoms with Crippen LogP contribution in [0.2, 0.25) is 0 Å². The molecule has 0 aromatic rings. The van der Waals surface area contributed by atoms with E-state index < -0.39 is 0 Å². The van der Waals surface area contributed by atoms with Gasteiger partial charge in [-0.2, -0.15) is 0 Å². The molecule has 2 N–H and O–H groups in total. The van der Waals surface area contributed by atoms with Gasteiger partial charge < -0.3 is 5.73 Å². The van der Waals surface area contributed by atoms with Gasteiger partial charge in [0.2, 0.25) is 0 Å². The zero-order valence-electron chi connectivity index (χ0n) is 10.1. The quantitative estimate of drug-likeness (QED) is 0.562. The van der Waals surface area contributed by atoms with Gasteiger partial charge in [-0.1, -0.05) is 33.1 Å². The molecule has 0 saturated heterocycles. The largest absolute Gasteiger partial charge is 0.387 e. The molecule has 0 amide bonds. The van der Waals surface area contributed by atoms with Gasteiger partial charge in [0, 0.05) is 12.5 Å². The van der Waals surface area contributed by atoms with Crippen molar-refractivity contribution >= 4 is 5.84 Å². The highest BCUT2D eigenvalue weighted by molar-refractivity contribution is 5.82. The molecular formula is C13H24N2. The van der Waals surface area contributed by atoms with Crippen molar-refractivity contribution in [3.63, 3.8) is 0 Å². The van der Waals surface area contributed by atoms with Crippen LogP contribution < -0.4 is 5.73 Å². The Morgan fingerprint density at radius 1 is 1.27 bits per heavy atom. The van der Waals surface area contributed by atoms with Crippen LogP contribution >= 0.6 is 0 Å². The van der Waals surface area contributed by atoms with E-state index >= 15 is 0 Å². The van der Waals surface area contributed by atoms with Gasteiger partial charge in [-0.05, 0) is 30.6 Å². The van der Waals surface area contributed by atoms with Gasteiger partial charge in [0.25, 0.3) is 0 Å². The van der Waals surface area contributed by atoms with Crippen molar-refractivity contribution in [2.45, 2.75) is 52.4 Å². The predicted molar refractivity (Wildman–Crippen MR) is 65.0 cm³/mol. The molecule has 2 rings (SSSR count). The lowest BCUT2D eigenvalue weighted by Crippen LogP contribution is -2.26. The summed E-state index contributed by atoms with van der Waals surface area (Å²) in [7, 11) is 0. The first-order valence-electron chi connectivity index (χ1n) is 6.39. The maximum absolute atomic E-state index is 6.06. The van der Waals surface area contributed by atoms with Crippen LogP contribution in [0.3, 0.4) is 0 Å². The highest BCUT2D eigenvalue weighted by atomic mass is 14.9. The Hall–Kier alpha value is -0.530. The fraction of sp³-hybridized carbons (Fsp3) is 0.923. The smallest absolute Gasteiger partial charge is 0.0968 e. The van der Waals surface area contributed by atoms with E-state index in [9.17, 15) is 0 Å². The van der Waals surface area contributed by atoms with Crippen molar-refractivity contribution in [3.8, 4) is 0 Å². The lowest BCUT2D eigenvalue weighted by atomic mass is 9.88. The summed E-state index contributed by atoms with van der Waals surface area (Å²) in [6, 6.07) is 0. The Morgan fingerprint density at radius 3 is 2.40 bits per heavy atom. The lowest BCUT2D eigenvalue weighted by Gasteiger charge is -2.20. The Morgan fingerprint density at radius 2 is 1.87 bits per heavy atom. The minimum atomic E-state index is 0.538. The van der Waals surface area contributed by atoms with E-state index in [-0.39, 0.29) is 0 Å².